The Hall–Kier alpha value is -1.60. The van der Waals surface area contributed by atoms with Gasteiger partial charge in [-0.25, -0.2) is 5.09 Å². The Morgan fingerprint density at radius 1 is 1.24 bits per heavy atom. The molecule has 0 heterocycles. The first kappa shape index (κ1) is 21.4. The zero-order valence-electron chi connectivity index (χ0n) is 15.1. The molecule has 0 aliphatic carbocycles. The van der Waals surface area contributed by atoms with E-state index in [1.54, 1.807) is 26.0 Å². The molecule has 9 heteroatoms. The molecule has 0 radical (unpaired) electrons. The van der Waals surface area contributed by atoms with E-state index in [4.69, 9.17) is 18.7 Å². The van der Waals surface area contributed by atoms with Crippen molar-refractivity contribution in [2.75, 3.05) is 20.6 Å². The van der Waals surface area contributed by atoms with Crippen LogP contribution in [0.15, 0.2) is 18.2 Å². The van der Waals surface area contributed by atoms with Gasteiger partial charge in [0.2, 0.25) is 0 Å². The first-order valence-electron chi connectivity index (χ1n) is 7.78. The van der Waals surface area contributed by atoms with Crippen LogP contribution >= 0.6 is 7.52 Å². The minimum atomic E-state index is -3.57. The Kier molecular flexibility index (Phi) is 8.38. The van der Waals surface area contributed by atoms with Gasteiger partial charge in [0.15, 0.2) is 11.5 Å². The van der Waals surface area contributed by atoms with Gasteiger partial charge >= 0.3 is 13.5 Å². The predicted octanol–water partition coefficient (Wildman–Crippen LogP) is 2.29. The van der Waals surface area contributed by atoms with Crippen LogP contribution in [0.4, 0.5) is 0 Å². The average molecular weight is 375 g/mol. The van der Waals surface area contributed by atoms with Crippen molar-refractivity contribution in [2.45, 2.75) is 39.5 Å². The second kappa shape index (κ2) is 9.77. The van der Waals surface area contributed by atoms with Crippen LogP contribution in [-0.4, -0.2) is 43.8 Å². The molecule has 25 heavy (non-hydrogen) atoms. The number of carbonyl (C=O) groups excluding carboxylic acids is 1. The molecule has 1 rings (SSSR count). The van der Waals surface area contributed by atoms with Crippen LogP contribution in [0, 0.1) is 0 Å². The summed E-state index contributed by atoms with van der Waals surface area (Å²) in [6.07, 6.45) is -0.539. The summed E-state index contributed by atoms with van der Waals surface area (Å²) in [5.74, 6) is -0.0309. The number of ether oxygens (including phenoxy) is 3. The minimum Gasteiger partial charge on any atom is -0.493 e. The van der Waals surface area contributed by atoms with E-state index in [1.807, 2.05) is 0 Å². The lowest BCUT2D eigenvalue weighted by molar-refractivity contribution is -0.149. The zero-order valence-corrected chi connectivity index (χ0v) is 16.0. The fourth-order valence-corrected chi connectivity index (χ4v) is 3.67. The number of methoxy groups -OCH3 is 2. The van der Waals surface area contributed by atoms with E-state index in [0.29, 0.717) is 11.3 Å². The Morgan fingerprint density at radius 3 is 2.44 bits per heavy atom. The summed E-state index contributed by atoms with van der Waals surface area (Å²) in [6, 6.07) is 3.87. The highest BCUT2D eigenvalue weighted by Crippen LogP contribution is 2.46. The summed E-state index contributed by atoms with van der Waals surface area (Å²) >= 11 is 0. The summed E-state index contributed by atoms with van der Waals surface area (Å²) in [6.45, 7) is 4.82. The SMILES string of the molecule is COCP(=O)(N[C@@H](C)C(=O)OC(C)C)Oc1ccc(CO)cc1OC. The number of aliphatic hydroxyl groups is 1. The maximum absolute atomic E-state index is 13.0. The van der Waals surface area contributed by atoms with Gasteiger partial charge in [0, 0.05) is 7.11 Å². The summed E-state index contributed by atoms with van der Waals surface area (Å²) in [4.78, 5) is 11.9. The third-order valence-electron chi connectivity index (χ3n) is 3.05. The number of rotatable bonds is 10. The molecule has 0 saturated heterocycles. The van der Waals surface area contributed by atoms with Crippen molar-refractivity contribution in [3.05, 3.63) is 23.8 Å². The minimum absolute atomic E-state index is 0.164. The van der Waals surface area contributed by atoms with Crippen LogP contribution in [0.2, 0.25) is 0 Å². The molecule has 0 aliphatic rings. The quantitative estimate of drug-likeness (QED) is 0.474. The van der Waals surface area contributed by atoms with E-state index in [1.165, 1.54) is 27.2 Å². The molecule has 1 aromatic rings. The van der Waals surface area contributed by atoms with Crippen molar-refractivity contribution in [3.63, 3.8) is 0 Å². The molecule has 1 aromatic carbocycles. The summed E-state index contributed by atoms with van der Waals surface area (Å²) in [5.41, 5.74) is 0.618. The molecule has 0 spiro atoms. The standard InChI is InChI=1S/C16H26NO7P/c1-11(2)23-16(19)12(3)17-25(20,10-21-4)24-14-7-6-13(9-18)8-15(14)22-5/h6-8,11-12,18H,9-10H2,1-5H3,(H,17,20)/t12-,25?/m0/s1. The van der Waals surface area contributed by atoms with Gasteiger partial charge in [-0.05, 0) is 38.5 Å². The van der Waals surface area contributed by atoms with Crippen molar-refractivity contribution >= 4 is 13.5 Å². The van der Waals surface area contributed by atoms with Crippen molar-refractivity contribution in [3.8, 4) is 11.5 Å². The largest absolute Gasteiger partial charge is 0.493 e. The first-order chi connectivity index (χ1) is 11.7. The van der Waals surface area contributed by atoms with Crippen molar-refractivity contribution < 1.29 is 33.2 Å². The van der Waals surface area contributed by atoms with Gasteiger partial charge in [0.05, 0.1) is 19.8 Å². The summed E-state index contributed by atoms with van der Waals surface area (Å²) in [7, 11) is -0.767. The van der Waals surface area contributed by atoms with E-state index in [9.17, 15) is 14.5 Å². The van der Waals surface area contributed by atoms with E-state index in [-0.39, 0.29) is 24.8 Å². The van der Waals surface area contributed by atoms with Crippen molar-refractivity contribution in [1.82, 2.24) is 5.09 Å². The van der Waals surface area contributed by atoms with E-state index in [0.717, 1.165) is 0 Å². The lowest BCUT2D eigenvalue weighted by Crippen LogP contribution is -2.36. The van der Waals surface area contributed by atoms with Gasteiger partial charge in [-0.1, -0.05) is 6.07 Å². The summed E-state index contributed by atoms with van der Waals surface area (Å²) in [5, 5.41) is 11.8. The zero-order chi connectivity index (χ0) is 19.0. The lowest BCUT2D eigenvalue weighted by atomic mass is 10.2. The van der Waals surface area contributed by atoms with E-state index < -0.39 is 19.5 Å². The van der Waals surface area contributed by atoms with Gasteiger partial charge in [-0.2, -0.15) is 0 Å². The normalized spacial score (nSPS) is 14.7. The van der Waals surface area contributed by atoms with Gasteiger partial charge in [-0.15, -0.1) is 0 Å². The monoisotopic (exact) mass is 375 g/mol. The Morgan fingerprint density at radius 2 is 1.92 bits per heavy atom. The van der Waals surface area contributed by atoms with Gasteiger partial charge < -0.3 is 23.8 Å². The van der Waals surface area contributed by atoms with E-state index in [2.05, 4.69) is 5.09 Å². The highest BCUT2D eigenvalue weighted by Gasteiger charge is 2.31. The number of benzene rings is 1. The molecule has 0 amide bonds. The number of nitrogens with one attached hydrogen (secondary N) is 1. The van der Waals surface area contributed by atoms with Gasteiger partial charge in [0.1, 0.15) is 12.4 Å². The first-order valence-corrected chi connectivity index (χ1v) is 9.59. The van der Waals surface area contributed by atoms with E-state index >= 15 is 0 Å². The molecule has 0 aromatic heterocycles. The smallest absolute Gasteiger partial charge is 0.342 e. The third kappa shape index (κ3) is 6.66. The van der Waals surface area contributed by atoms with Crippen molar-refractivity contribution in [2.24, 2.45) is 0 Å². The molecule has 0 bridgehead atoms. The summed E-state index contributed by atoms with van der Waals surface area (Å²) < 4.78 is 33.9. The predicted molar refractivity (Wildman–Crippen MR) is 92.9 cm³/mol. The number of aliphatic hydroxyl groups excluding tert-OH is 1. The topological polar surface area (TPSA) is 103 Å². The molecule has 2 N–H and O–H groups in total. The second-order valence-electron chi connectivity index (χ2n) is 5.66. The third-order valence-corrected chi connectivity index (χ3v) is 4.92. The maximum atomic E-state index is 13.0. The molecule has 0 saturated carbocycles. The van der Waals surface area contributed by atoms with Crippen LogP contribution < -0.4 is 14.3 Å². The van der Waals surface area contributed by atoms with Crippen molar-refractivity contribution in [1.29, 1.82) is 0 Å². The lowest BCUT2D eigenvalue weighted by Gasteiger charge is -2.24. The van der Waals surface area contributed by atoms with Crippen LogP contribution in [0.1, 0.15) is 26.3 Å². The van der Waals surface area contributed by atoms with Gasteiger partial charge in [-0.3, -0.25) is 9.36 Å². The van der Waals surface area contributed by atoms with Crippen LogP contribution in [-0.2, 0) is 25.4 Å². The number of hydrogen-bond acceptors (Lipinski definition) is 7. The van der Waals surface area contributed by atoms with Crippen LogP contribution in [0.3, 0.4) is 0 Å². The fourth-order valence-electron chi connectivity index (χ4n) is 1.99. The van der Waals surface area contributed by atoms with Crippen LogP contribution in [0.5, 0.6) is 11.5 Å². The Labute approximate surface area is 147 Å². The molecule has 0 aliphatic heterocycles. The second-order valence-corrected chi connectivity index (χ2v) is 7.71. The molecule has 142 valence electrons. The van der Waals surface area contributed by atoms with Crippen LogP contribution in [0.25, 0.3) is 0 Å². The maximum Gasteiger partial charge on any atom is 0.342 e. The Balaban J connectivity index is 2.98. The average Bonchev–Trinajstić information content (AvgIpc) is 2.54. The number of esters is 1. The fraction of sp³-hybridized carbons (Fsp3) is 0.562. The van der Waals surface area contributed by atoms with Gasteiger partial charge in [0.25, 0.3) is 0 Å². The molecule has 0 fully saturated rings. The Bertz CT molecular complexity index is 621. The molecular formula is C16H26NO7P. The molecule has 8 nitrogen and oxygen atoms in total. The number of carbonyl (C=O) groups is 1. The number of hydrogen-bond donors (Lipinski definition) is 2. The molecule has 2 atom stereocenters. The molecule has 1 unspecified atom stereocenters. The highest BCUT2D eigenvalue weighted by atomic mass is 31.2. The molecular weight excluding hydrogens is 349 g/mol. The highest BCUT2D eigenvalue weighted by molar-refractivity contribution is 7.57.